The molecule has 17 heteroatoms. The molecule has 0 atom stereocenters. The third kappa shape index (κ3) is 8.78. The molecular formula is C36H27ClI2N6O8. The maximum atomic E-state index is 12.4. The van der Waals surface area contributed by atoms with Crippen LogP contribution in [0.2, 0.25) is 5.02 Å². The summed E-state index contributed by atoms with van der Waals surface area (Å²) in [5, 5.41) is 31.7. The van der Waals surface area contributed by atoms with Crippen LogP contribution in [0, 0.1) is 21.0 Å². The zero-order chi connectivity index (χ0) is 38.6. The summed E-state index contributed by atoms with van der Waals surface area (Å²) >= 11 is 10.1. The predicted molar refractivity (Wildman–Crippen MR) is 223 cm³/mol. The lowest BCUT2D eigenvalue weighted by molar-refractivity contribution is 0.261. The molecule has 14 nitrogen and oxygen atoms in total. The molecular weight excluding hydrogens is 934 g/mol. The van der Waals surface area contributed by atoms with Crippen LogP contribution in [-0.4, -0.2) is 32.2 Å². The van der Waals surface area contributed by atoms with Crippen LogP contribution in [0.3, 0.4) is 0 Å². The number of halogens is 3. The lowest BCUT2D eigenvalue weighted by Gasteiger charge is -2.09. The van der Waals surface area contributed by atoms with Crippen LogP contribution < -0.4 is 43.2 Å². The van der Waals surface area contributed by atoms with Gasteiger partial charge in [-0.15, -0.1) is 0 Å². The number of aromatic amines is 2. The van der Waals surface area contributed by atoms with E-state index in [4.69, 9.17) is 11.6 Å². The van der Waals surface area contributed by atoms with Crippen molar-refractivity contribution in [2.45, 2.75) is 13.8 Å². The standard InChI is InChI=1S/C18H13ClIN3O4.C18H14IN3O4/c1-8-7-10-11(13(20)12(8)19)15(24)14(16(25)17(26)22-10)23-18(27)21-9-5-3-2-4-6-9;1-9-7-11(19)13-12(8-9)21-17(25)16(24)14(15(13)23)22-18(26)20-10-5-3-2-4-6-10/h2-7H,1H3,(H4,21,22,23,24,25,26,27);2-8H,1H3,(H4,20,21,22,23,24,25,26). The number of carbonyl (C=O) groups is 2. The van der Waals surface area contributed by atoms with Crippen molar-refractivity contribution in [3.05, 3.63) is 143 Å². The number of fused-ring (bicyclic) bond motifs is 2. The summed E-state index contributed by atoms with van der Waals surface area (Å²) in [4.78, 5) is 78.3. The number of H-pyrrole nitrogens is 2. The lowest BCUT2D eigenvalue weighted by Crippen LogP contribution is -2.30. The molecule has 6 aromatic rings. The molecule has 0 aliphatic heterocycles. The molecule has 270 valence electrons. The van der Waals surface area contributed by atoms with Crippen LogP contribution in [-0.2, 0) is 0 Å². The Morgan fingerprint density at radius 1 is 0.642 bits per heavy atom. The van der Waals surface area contributed by atoms with Crippen LogP contribution >= 0.6 is 56.8 Å². The summed E-state index contributed by atoms with van der Waals surface area (Å²) in [6, 6.07) is 20.6. The molecule has 0 unspecified atom stereocenters. The number of benzene rings is 4. The molecule has 0 bridgehead atoms. The first-order valence-corrected chi connectivity index (χ1v) is 17.8. The molecule has 0 radical (unpaired) electrons. The van der Waals surface area contributed by atoms with Gasteiger partial charge in [0.15, 0.2) is 11.5 Å². The van der Waals surface area contributed by atoms with Gasteiger partial charge in [-0.3, -0.25) is 19.2 Å². The van der Waals surface area contributed by atoms with Gasteiger partial charge in [-0.25, -0.2) is 9.59 Å². The molecule has 6 rings (SSSR count). The first-order chi connectivity index (χ1) is 25.2. The SMILES string of the molecule is Cc1cc(I)c2c(O)c(NC(=O)Nc3ccccc3)c(=O)c(=O)[nH]c2c1.Cc1cc2[nH]c(=O)c(=O)c(NC(=O)Nc3ccccc3)c(O)c2c(I)c1Cl. The maximum absolute atomic E-state index is 12.4. The van der Waals surface area contributed by atoms with Crippen molar-refractivity contribution in [3.63, 3.8) is 0 Å². The number of aromatic nitrogens is 2. The molecule has 4 amide bonds. The normalized spacial score (nSPS) is 10.6. The first kappa shape index (κ1) is 38.8. The minimum atomic E-state index is -1.07. The van der Waals surface area contributed by atoms with Gasteiger partial charge in [0.1, 0.15) is 11.4 Å². The topological polar surface area (TPSA) is 223 Å². The van der Waals surface area contributed by atoms with E-state index in [1.165, 1.54) is 0 Å². The molecule has 0 aliphatic carbocycles. The van der Waals surface area contributed by atoms with Crippen molar-refractivity contribution in [2.24, 2.45) is 0 Å². The Morgan fingerprint density at radius 3 is 1.55 bits per heavy atom. The van der Waals surface area contributed by atoms with Gasteiger partial charge in [0.05, 0.1) is 26.8 Å². The highest BCUT2D eigenvalue weighted by Gasteiger charge is 2.20. The van der Waals surface area contributed by atoms with E-state index in [9.17, 15) is 39.0 Å². The summed E-state index contributed by atoms with van der Waals surface area (Å²) in [5.41, 5.74) is -1.98. The number of rotatable bonds is 4. The fourth-order valence-corrected chi connectivity index (χ4v) is 7.20. The number of hydrogen-bond acceptors (Lipinski definition) is 8. The smallest absolute Gasteiger partial charge is 0.323 e. The highest BCUT2D eigenvalue weighted by atomic mass is 127. The minimum absolute atomic E-state index is 0.167. The fraction of sp³-hybridized carbons (Fsp3) is 0.0556. The van der Waals surface area contributed by atoms with Crippen molar-refractivity contribution >= 4 is 113 Å². The maximum Gasteiger partial charge on any atom is 0.323 e. The molecule has 0 spiro atoms. The van der Waals surface area contributed by atoms with E-state index in [0.29, 0.717) is 34.6 Å². The fourth-order valence-electron chi connectivity index (χ4n) is 5.04. The zero-order valence-electron chi connectivity index (χ0n) is 27.5. The van der Waals surface area contributed by atoms with Gasteiger partial charge < -0.3 is 41.4 Å². The molecule has 2 aromatic heterocycles. The number of urea groups is 2. The third-order valence-corrected chi connectivity index (χ3v) is 10.2. The van der Waals surface area contributed by atoms with Crippen LogP contribution in [0.4, 0.5) is 32.3 Å². The molecule has 0 aliphatic rings. The van der Waals surface area contributed by atoms with E-state index in [1.807, 2.05) is 52.1 Å². The average Bonchev–Trinajstić information content (AvgIpc) is 3.25. The summed E-state index contributed by atoms with van der Waals surface area (Å²) in [5.74, 6) is -1.00. The van der Waals surface area contributed by atoms with Crippen molar-refractivity contribution in [2.75, 3.05) is 21.3 Å². The van der Waals surface area contributed by atoms with Crippen LogP contribution in [0.25, 0.3) is 21.8 Å². The number of nitrogens with one attached hydrogen (secondary N) is 6. The molecule has 8 N–H and O–H groups in total. The third-order valence-electron chi connectivity index (χ3n) is 7.47. The van der Waals surface area contributed by atoms with Crippen molar-refractivity contribution < 1.29 is 19.8 Å². The van der Waals surface area contributed by atoms with Gasteiger partial charge in [-0.1, -0.05) is 48.0 Å². The Labute approximate surface area is 330 Å². The quantitative estimate of drug-likeness (QED) is 0.0680. The Balaban J connectivity index is 0.000000204. The molecule has 2 heterocycles. The minimum Gasteiger partial charge on any atom is -0.505 e. The zero-order valence-corrected chi connectivity index (χ0v) is 32.6. The van der Waals surface area contributed by atoms with E-state index in [2.05, 4.69) is 31.2 Å². The molecule has 0 saturated carbocycles. The number of aromatic hydroxyl groups is 2. The lowest BCUT2D eigenvalue weighted by atomic mass is 10.1. The van der Waals surface area contributed by atoms with Gasteiger partial charge in [0.25, 0.3) is 22.0 Å². The largest absolute Gasteiger partial charge is 0.505 e. The number of hydrogen-bond donors (Lipinski definition) is 8. The Bertz CT molecular complexity index is 2680. The summed E-state index contributed by atoms with van der Waals surface area (Å²) in [6.07, 6.45) is 0. The van der Waals surface area contributed by atoms with E-state index >= 15 is 0 Å². The Hall–Kier alpha value is -5.47. The summed E-state index contributed by atoms with van der Waals surface area (Å²) in [6.45, 7) is 3.56. The van der Waals surface area contributed by atoms with Crippen molar-refractivity contribution in [1.82, 2.24) is 9.97 Å². The highest BCUT2D eigenvalue weighted by Crippen LogP contribution is 2.36. The van der Waals surface area contributed by atoms with Crippen molar-refractivity contribution in [1.29, 1.82) is 0 Å². The number of amides is 4. The van der Waals surface area contributed by atoms with Gasteiger partial charge in [0.2, 0.25) is 0 Å². The van der Waals surface area contributed by atoms with E-state index in [-0.39, 0.29) is 16.3 Å². The summed E-state index contributed by atoms with van der Waals surface area (Å²) in [7, 11) is 0. The van der Waals surface area contributed by atoms with Crippen LogP contribution in [0.1, 0.15) is 11.1 Å². The number of para-hydroxylation sites is 2. The van der Waals surface area contributed by atoms with Crippen LogP contribution in [0.5, 0.6) is 11.5 Å². The number of aryl methyl sites for hydroxylation is 2. The molecule has 0 saturated heterocycles. The van der Waals surface area contributed by atoms with E-state index in [0.717, 1.165) is 5.56 Å². The monoisotopic (exact) mass is 960 g/mol. The van der Waals surface area contributed by atoms with Crippen LogP contribution in [0.15, 0.2) is 98.0 Å². The first-order valence-electron chi connectivity index (χ1n) is 15.3. The van der Waals surface area contributed by atoms with Crippen molar-refractivity contribution in [3.8, 4) is 11.5 Å². The molecule has 4 aromatic carbocycles. The molecule has 0 fully saturated rings. The predicted octanol–water partition coefficient (Wildman–Crippen LogP) is 6.96. The highest BCUT2D eigenvalue weighted by molar-refractivity contribution is 14.1. The Kier molecular flexibility index (Phi) is 12.0. The average molecular weight is 961 g/mol. The number of carbonyl (C=O) groups excluding carboxylic acids is 2. The molecule has 53 heavy (non-hydrogen) atoms. The second kappa shape index (κ2) is 16.5. The van der Waals surface area contributed by atoms with E-state index in [1.54, 1.807) is 85.8 Å². The van der Waals surface area contributed by atoms with Gasteiger partial charge >= 0.3 is 12.1 Å². The van der Waals surface area contributed by atoms with E-state index < -0.39 is 56.9 Å². The Morgan fingerprint density at radius 2 is 1.08 bits per heavy atom. The van der Waals surface area contributed by atoms with Gasteiger partial charge in [-0.2, -0.15) is 0 Å². The van der Waals surface area contributed by atoms with Gasteiger partial charge in [0, 0.05) is 18.5 Å². The number of anilines is 4. The summed E-state index contributed by atoms with van der Waals surface area (Å²) < 4.78 is 1.08. The van der Waals surface area contributed by atoms with Gasteiger partial charge in [-0.05, 0) is 113 Å². The second-order valence-electron chi connectivity index (χ2n) is 11.3. The second-order valence-corrected chi connectivity index (χ2v) is 13.9.